The van der Waals surface area contributed by atoms with Crippen molar-refractivity contribution in [3.05, 3.63) is 35.6 Å². The van der Waals surface area contributed by atoms with E-state index < -0.39 is 0 Å². The van der Waals surface area contributed by atoms with Crippen molar-refractivity contribution < 1.29 is 9.18 Å². The SMILES string of the molecule is CC1CCCN(CCNC(=O)Cc2ccccc2F)C1. The maximum absolute atomic E-state index is 13.4. The molecule has 0 aliphatic carbocycles. The number of piperidine rings is 1. The minimum Gasteiger partial charge on any atom is -0.355 e. The van der Waals surface area contributed by atoms with Crippen LogP contribution in [0.4, 0.5) is 4.39 Å². The molecule has 1 aliphatic heterocycles. The number of nitrogens with zero attached hydrogens (tertiary/aromatic N) is 1. The molecule has 4 heteroatoms. The van der Waals surface area contributed by atoms with Crippen molar-refractivity contribution in [3.63, 3.8) is 0 Å². The maximum Gasteiger partial charge on any atom is 0.224 e. The van der Waals surface area contributed by atoms with Gasteiger partial charge in [-0.2, -0.15) is 0 Å². The number of nitrogens with one attached hydrogen (secondary N) is 1. The van der Waals surface area contributed by atoms with Crippen LogP contribution in [-0.2, 0) is 11.2 Å². The smallest absolute Gasteiger partial charge is 0.224 e. The predicted molar refractivity (Wildman–Crippen MR) is 78.0 cm³/mol. The van der Waals surface area contributed by atoms with E-state index in [1.165, 1.54) is 18.9 Å². The Hall–Kier alpha value is -1.42. The van der Waals surface area contributed by atoms with E-state index in [0.717, 1.165) is 25.6 Å². The Labute approximate surface area is 120 Å². The zero-order chi connectivity index (χ0) is 14.4. The first-order valence-electron chi connectivity index (χ1n) is 7.37. The molecule has 110 valence electrons. The molecule has 1 saturated heterocycles. The quantitative estimate of drug-likeness (QED) is 0.895. The lowest BCUT2D eigenvalue weighted by atomic mass is 10.0. The molecule has 1 aromatic rings. The Balaban J connectivity index is 1.69. The molecule has 1 heterocycles. The average molecular weight is 278 g/mol. The number of carbonyl (C=O) groups excluding carboxylic acids is 1. The van der Waals surface area contributed by atoms with E-state index in [4.69, 9.17) is 0 Å². The summed E-state index contributed by atoms with van der Waals surface area (Å²) in [6.45, 7) is 6.02. The summed E-state index contributed by atoms with van der Waals surface area (Å²) in [4.78, 5) is 14.2. The van der Waals surface area contributed by atoms with Gasteiger partial charge in [0.2, 0.25) is 5.91 Å². The zero-order valence-electron chi connectivity index (χ0n) is 12.1. The summed E-state index contributed by atoms with van der Waals surface area (Å²) in [5.41, 5.74) is 0.455. The van der Waals surface area contributed by atoms with E-state index in [0.29, 0.717) is 12.1 Å². The fourth-order valence-corrected chi connectivity index (χ4v) is 2.72. The number of benzene rings is 1. The molecule has 1 fully saturated rings. The highest BCUT2D eigenvalue weighted by Crippen LogP contribution is 2.14. The van der Waals surface area contributed by atoms with Gasteiger partial charge >= 0.3 is 0 Å². The summed E-state index contributed by atoms with van der Waals surface area (Å²) in [5, 5.41) is 2.87. The Bertz CT molecular complexity index is 450. The van der Waals surface area contributed by atoms with Gasteiger partial charge in [0.25, 0.3) is 0 Å². The molecule has 0 aromatic heterocycles. The minimum absolute atomic E-state index is 0.111. The number of hydrogen-bond acceptors (Lipinski definition) is 2. The zero-order valence-corrected chi connectivity index (χ0v) is 12.1. The summed E-state index contributed by atoms with van der Waals surface area (Å²) in [6, 6.07) is 6.42. The van der Waals surface area contributed by atoms with E-state index >= 15 is 0 Å². The maximum atomic E-state index is 13.4. The molecule has 2 rings (SSSR count). The summed E-state index contributed by atoms with van der Waals surface area (Å²) in [5.74, 6) is 0.325. The topological polar surface area (TPSA) is 32.3 Å². The van der Waals surface area contributed by atoms with Crippen LogP contribution in [0.25, 0.3) is 0 Å². The lowest BCUT2D eigenvalue weighted by molar-refractivity contribution is -0.120. The Morgan fingerprint density at radius 3 is 3.00 bits per heavy atom. The van der Waals surface area contributed by atoms with Crippen molar-refractivity contribution >= 4 is 5.91 Å². The second-order valence-corrected chi connectivity index (χ2v) is 5.67. The van der Waals surface area contributed by atoms with Crippen LogP contribution in [0, 0.1) is 11.7 Å². The standard InChI is InChI=1S/C16H23FN2O/c1-13-5-4-9-19(12-13)10-8-18-16(20)11-14-6-2-3-7-15(14)17/h2-3,6-7,13H,4-5,8-12H2,1H3,(H,18,20). The second kappa shape index (κ2) is 7.39. The third-order valence-electron chi connectivity index (χ3n) is 3.80. The molecule has 1 unspecified atom stereocenters. The van der Waals surface area contributed by atoms with Gasteiger partial charge in [0.05, 0.1) is 6.42 Å². The fraction of sp³-hybridized carbons (Fsp3) is 0.562. The van der Waals surface area contributed by atoms with Crippen LogP contribution in [-0.4, -0.2) is 37.0 Å². The van der Waals surface area contributed by atoms with Gasteiger partial charge in [-0.05, 0) is 36.9 Å². The van der Waals surface area contributed by atoms with Gasteiger partial charge in [0.15, 0.2) is 0 Å². The molecule has 1 atom stereocenters. The molecule has 0 spiro atoms. The molecule has 0 radical (unpaired) electrons. The summed E-state index contributed by atoms with van der Waals surface area (Å²) in [6.07, 6.45) is 2.66. The van der Waals surface area contributed by atoms with Crippen molar-refractivity contribution in [2.45, 2.75) is 26.2 Å². The van der Waals surface area contributed by atoms with Crippen LogP contribution >= 0.6 is 0 Å². The number of carbonyl (C=O) groups is 1. The molecule has 1 amide bonds. The van der Waals surface area contributed by atoms with Gasteiger partial charge in [-0.15, -0.1) is 0 Å². The van der Waals surface area contributed by atoms with E-state index in [1.807, 2.05) is 0 Å². The first kappa shape index (κ1) is 15.0. The largest absolute Gasteiger partial charge is 0.355 e. The van der Waals surface area contributed by atoms with Crippen molar-refractivity contribution in [2.24, 2.45) is 5.92 Å². The van der Waals surface area contributed by atoms with E-state index in [2.05, 4.69) is 17.1 Å². The third-order valence-corrected chi connectivity index (χ3v) is 3.80. The molecular formula is C16H23FN2O. The van der Waals surface area contributed by atoms with Gasteiger partial charge in [-0.25, -0.2) is 4.39 Å². The van der Waals surface area contributed by atoms with Gasteiger partial charge < -0.3 is 10.2 Å². The molecule has 1 N–H and O–H groups in total. The van der Waals surface area contributed by atoms with E-state index in [1.54, 1.807) is 18.2 Å². The van der Waals surface area contributed by atoms with Crippen LogP contribution in [0.5, 0.6) is 0 Å². The van der Waals surface area contributed by atoms with Crippen LogP contribution in [0.15, 0.2) is 24.3 Å². The fourth-order valence-electron chi connectivity index (χ4n) is 2.72. The van der Waals surface area contributed by atoms with Crippen molar-refractivity contribution in [2.75, 3.05) is 26.2 Å². The van der Waals surface area contributed by atoms with Crippen LogP contribution < -0.4 is 5.32 Å². The highest BCUT2D eigenvalue weighted by molar-refractivity contribution is 5.78. The van der Waals surface area contributed by atoms with Gasteiger partial charge in [0.1, 0.15) is 5.82 Å². The summed E-state index contributed by atoms with van der Waals surface area (Å²) >= 11 is 0. The number of amides is 1. The molecular weight excluding hydrogens is 255 g/mol. The minimum atomic E-state index is -0.312. The summed E-state index contributed by atoms with van der Waals surface area (Å²) in [7, 11) is 0. The first-order valence-corrected chi connectivity index (χ1v) is 7.37. The highest BCUT2D eigenvalue weighted by Gasteiger charge is 2.15. The first-order chi connectivity index (χ1) is 9.65. The molecule has 0 bridgehead atoms. The van der Waals surface area contributed by atoms with Gasteiger partial charge in [0, 0.05) is 19.6 Å². The highest BCUT2D eigenvalue weighted by atomic mass is 19.1. The molecule has 3 nitrogen and oxygen atoms in total. The van der Waals surface area contributed by atoms with Crippen LogP contribution in [0.1, 0.15) is 25.3 Å². The predicted octanol–water partition coefficient (Wildman–Crippen LogP) is 2.22. The summed E-state index contributed by atoms with van der Waals surface area (Å²) < 4.78 is 13.4. The van der Waals surface area contributed by atoms with Crippen LogP contribution in [0.3, 0.4) is 0 Å². The number of hydrogen-bond donors (Lipinski definition) is 1. The second-order valence-electron chi connectivity index (χ2n) is 5.67. The van der Waals surface area contributed by atoms with Crippen LogP contribution in [0.2, 0.25) is 0 Å². The van der Waals surface area contributed by atoms with Gasteiger partial charge in [-0.1, -0.05) is 25.1 Å². The molecule has 1 aliphatic rings. The lowest BCUT2D eigenvalue weighted by Crippen LogP contribution is -2.40. The monoisotopic (exact) mass is 278 g/mol. The van der Waals surface area contributed by atoms with Crippen molar-refractivity contribution in [1.82, 2.24) is 10.2 Å². The van der Waals surface area contributed by atoms with Crippen molar-refractivity contribution in [3.8, 4) is 0 Å². The molecule has 20 heavy (non-hydrogen) atoms. The number of likely N-dealkylation sites (tertiary alicyclic amines) is 1. The molecule has 0 saturated carbocycles. The number of rotatable bonds is 5. The normalized spacial score (nSPS) is 19.8. The Kier molecular flexibility index (Phi) is 5.53. The Morgan fingerprint density at radius 2 is 2.25 bits per heavy atom. The Morgan fingerprint density at radius 1 is 1.45 bits per heavy atom. The van der Waals surface area contributed by atoms with E-state index in [-0.39, 0.29) is 18.1 Å². The third kappa shape index (κ3) is 4.60. The molecule has 1 aromatic carbocycles. The number of halogens is 1. The lowest BCUT2D eigenvalue weighted by Gasteiger charge is -2.30. The average Bonchev–Trinajstić information content (AvgIpc) is 2.41. The van der Waals surface area contributed by atoms with Gasteiger partial charge in [-0.3, -0.25) is 4.79 Å². The van der Waals surface area contributed by atoms with Crippen molar-refractivity contribution in [1.29, 1.82) is 0 Å². The van der Waals surface area contributed by atoms with E-state index in [9.17, 15) is 9.18 Å².